The van der Waals surface area contributed by atoms with Crippen LogP contribution < -0.4 is 0 Å². The van der Waals surface area contributed by atoms with Gasteiger partial charge in [-0.05, 0) is 43.2 Å². The summed E-state index contributed by atoms with van der Waals surface area (Å²) in [4.78, 5) is -0.300. The molecule has 2 heterocycles. The molecular formula is C23H16BrCl2F3N4O3S. The van der Waals surface area contributed by atoms with Crippen LogP contribution >= 0.6 is 39.1 Å². The third-order valence-electron chi connectivity index (χ3n) is 6.26. The summed E-state index contributed by atoms with van der Waals surface area (Å²) in [5.74, 6) is -1.07. The van der Waals surface area contributed by atoms with Gasteiger partial charge in [-0.2, -0.15) is 18.3 Å². The molecule has 4 aromatic rings. The average Bonchev–Trinajstić information content (AvgIpc) is 3.38. The zero-order chi connectivity index (χ0) is 26.8. The van der Waals surface area contributed by atoms with E-state index in [4.69, 9.17) is 27.6 Å². The molecule has 0 saturated heterocycles. The van der Waals surface area contributed by atoms with Crippen molar-refractivity contribution in [1.29, 1.82) is 0 Å². The molecule has 1 saturated carbocycles. The molecule has 37 heavy (non-hydrogen) atoms. The summed E-state index contributed by atoms with van der Waals surface area (Å²) in [6.45, 7) is 0. The smallest absolute Gasteiger partial charge is 0.403 e. The van der Waals surface area contributed by atoms with Crippen molar-refractivity contribution in [1.82, 2.24) is 20.0 Å². The first kappa shape index (κ1) is 26.2. The number of alkyl halides is 3. The highest BCUT2D eigenvalue weighted by Crippen LogP contribution is 2.54. The minimum atomic E-state index is -4.60. The Balaban J connectivity index is 1.80. The lowest BCUT2D eigenvalue weighted by Gasteiger charge is -2.39. The lowest BCUT2D eigenvalue weighted by atomic mass is 9.68. The highest BCUT2D eigenvalue weighted by Gasteiger charge is 2.63. The van der Waals surface area contributed by atoms with Gasteiger partial charge in [-0.3, -0.25) is 0 Å². The van der Waals surface area contributed by atoms with E-state index >= 15 is 0 Å². The van der Waals surface area contributed by atoms with Gasteiger partial charge in [0.05, 0.1) is 16.4 Å². The van der Waals surface area contributed by atoms with Crippen LogP contribution in [-0.4, -0.2) is 40.8 Å². The maximum Gasteiger partial charge on any atom is 0.403 e. The second-order valence-corrected chi connectivity index (χ2v) is 12.4. The first-order valence-electron chi connectivity index (χ1n) is 10.8. The van der Waals surface area contributed by atoms with E-state index in [2.05, 4.69) is 31.2 Å². The van der Waals surface area contributed by atoms with Crippen molar-refractivity contribution in [2.45, 2.75) is 35.7 Å². The molecule has 1 aliphatic rings. The summed E-state index contributed by atoms with van der Waals surface area (Å²) in [5.41, 5.74) is -1.71. The molecule has 0 bridgehead atoms. The molecule has 14 heteroatoms. The highest BCUT2D eigenvalue weighted by molar-refractivity contribution is 9.10. The van der Waals surface area contributed by atoms with Crippen molar-refractivity contribution >= 4 is 49.0 Å². The van der Waals surface area contributed by atoms with Gasteiger partial charge in [0.1, 0.15) is 10.3 Å². The van der Waals surface area contributed by atoms with Crippen LogP contribution in [0.5, 0.6) is 0 Å². The van der Waals surface area contributed by atoms with Gasteiger partial charge in [-0.1, -0.05) is 57.7 Å². The van der Waals surface area contributed by atoms with Crippen molar-refractivity contribution in [3.63, 3.8) is 0 Å². The summed E-state index contributed by atoms with van der Waals surface area (Å²) in [6, 6.07) is 11.3. The molecule has 1 aliphatic carbocycles. The molecule has 2 aromatic carbocycles. The number of sulfone groups is 1. The molecule has 0 radical (unpaired) electrons. The van der Waals surface area contributed by atoms with Gasteiger partial charge in [0.15, 0.2) is 15.5 Å². The van der Waals surface area contributed by atoms with Crippen LogP contribution in [0.25, 0.3) is 28.5 Å². The summed E-state index contributed by atoms with van der Waals surface area (Å²) < 4.78 is 75.4. The normalized spacial score (nSPS) is 15.5. The number of halogens is 6. The van der Waals surface area contributed by atoms with E-state index in [0.29, 0.717) is 17.0 Å². The van der Waals surface area contributed by atoms with Gasteiger partial charge in [0, 0.05) is 21.3 Å². The monoisotopic (exact) mass is 634 g/mol. The predicted octanol–water partition coefficient (Wildman–Crippen LogP) is 7.05. The van der Waals surface area contributed by atoms with Crippen LogP contribution in [-0.2, 0) is 15.3 Å². The first-order chi connectivity index (χ1) is 17.3. The van der Waals surface area contributed by atoms with Crippen LogP contribution in [0, 0.1) is 0 Å². The molecule has 1 fully saturated rings. The summed E-state index contributed by atoms with van der Waals surface area (Å²) in [6.07, 6.45) is -3.69. The number of hydrogen-bond donors (Lipinski definition) is 0. The molecule has 7 nitrogen and oxygen atoms in total. The quantitative estimate of drug-likeness (QED) is 0.233. The second kappa shape index (κ2) is 9.11. The minimum Gasteiger partial charge on any atom is -0.418 e. The van der Waals surface area contributed by atoms with Crippen molar-refractivity contribution in [3.8, 4) is 28.5 Å². The minimum absolute atomic E-state index is 0.114. The van der Waals surface area contributed by atoms with Crippen LogP contribution in [0.4, 0.5) is 13.2 Å². The van der Waals surface area contributed by atoms with Crippen molar-refractivity contribution < 1.29 is 26.0 Å². The van der Waals surface area contributed by atoms with Gasteiger partial charge >= 0.3 is 6.18 Å². The Kier molecular flexibility index (Phi) is 6.45. The molecule has 0 atom stereocenters. The zero-order valence-electron chi connectivity index (χ0n) is 18.9. The summed E-state index contributed by atoms with van der Waals surface area (Å²) in [5, 5.41) is 12.4. The fourth-order valence-corrected chi connectivity index (χ4v) is 6.03. The topological polar surface area (TPSA) is 90.9 Å². The Morgan fingerprint density at radius 2 is 1.76 bits per heavy atom. The Labute approximate surface area is 227 Å². The van der Waals surface area contributed by atoms with Crippen LogP contribution in [0.3, 0.4) is 0 Å². The van der Waals surface area contributed by atoms with E-state index in [1.807, 2.05) is 0 Å². The van der Waals surface area contributed by atoms with Gasteiger partial charge in [0.2, 0.25) is 5.89 Å². The number of hydrogen-bond acceptors (Lipinski definition) is 6. The van der Waals surface area contributed by atoms with Gasteiger partial charge < -0.3 is 4.42 Å². The maximum atomic E-state index is 13.9. The van der Waals surface area contributed by atoms with E-state index in [1.165, 1.54) is 10.7 Å². The van der Waals surface area contributed by atoms with E-state index < -0.39 is 33.2 Å². The SMILES string of the molecule is CS(=O)(=O)c1c(-c2nnc(C3(C(F)(F)F)CCC3)o2)nn(-c2ccc(Cl)cc2Cl)c1-c1ccc(Br)cc1. The Hall–Kier alpha value is -2.41. The second-order valence-electron chi connectivity index (χ2n) is 8.66. The van der Waals surface area contributed by atoms with Crippen LogP contribution in [0.1, 0.15) is 25.2 Å². The lowest BCUT2D eigenvalue weighted by molar-refractivity contribution is -0.219. The third-order valence-corrected chi connectivity index (χ3v) is 8.45. The average molecular weight is 636 g/mol. The van der Waals surface area contributed by atoms with Crippen molar-refractivity contribution in [3.05, 3.63) is 62.9 Å². The maximum absolute atomic E-state index is 13.9. The van der Waals surface area contributed by atoms with E-state index in [9.17, 15) is 21.6 Å². The molecule has 0 unspecified atom stereocenters. The number of benzene rings is 2. The highest BCUT2D eigenvalue weighted by atomic mass is 79.9. The molecule has 0 amide bonds. The largest absolute Gasteiger partial charge is 0.418 e. The van der Waals surface area contributed by atoms with Gasteiger partial charge in [-0.25, -0.2) is 13.1 Å². The molecule has 194 valence electrons. The number of nitrogens with zero attached hydrogens (tertiary/aromatic N) is 4. The van der Waals surface area contributed by atoms with E-state index in [1.54, 1.807) is 36.4 Å². The molecule has 0 N–H and O–H groups in total. The van der Waals surface area contributed by atoms with Gasteiger partial charge in [-0.15, -0.1) is 10.2 Å². The Morgan fingerprint density at radius 1 is 1.08 bits per heavy atom. The molecule has 0 spiro atoms. The molecule has 5 rings (SSSR count). The summed E-state index contributed by atoms with van der Waals surface area (Å²) in [7, 11) is -4.04. The van der Waals surface area contributed by atoms with Crippen LogP contribution in [0.15, 0.2) is 56.2 Å². The molecular weight excluding hydrogens is 620 g/mol. The molecule has 2 aromatic heterocycles. The van der Waals surface area contributed by atoms with E-state index in [-0.39, 0.29) is 39.8 Å². The predicted molar refractivity (Wildman–Crippen MR) is 135 cm³/mol. The van der Waals surface area contributed by atoms with Crippen LogP contribution in [0.2, 0.25) is 10.0 Å². The Bertz CT molecular complexity index is 1620. The first-order valence-corrected chi connectivity index (χ1v) is 14.2. The molecule has 0 aliphatic heterocycles. The fraction of sp³-hybridized carbons (Fsp3) is 0.261. The fourth-order valence-electron chi connectivity index (χ4n) is 4.24. The van der Waals surface area contributed by atoms with E-state index in [0.717, 1.165) is 10.7 Å². The summed E-state index contributed by atoms with van der Waals surface area (Å²) >= 11 is 15.8. The van der Waals surface area contributed by atoms with Crippen molar-refractivity contribution in [2.24, 2.45) is 0 Å². The van der Waals surface area contributed by atoms with Crippen molar-refractivity contribution in [2.75, 3.05) is 6.26 Å². The Morgan fingerprint density at radius 3 is 2.30 bits per heavy atom. The lowest BCUT2D eigenvalue weighted by Crippen LogP contribution is -2.48. The number of rotatable bonds is 5. The third kappa shape index (κ3) is 4.47. The number of aromatic nitrogens is 4. The standard InChI is InChI=1S/C23H16BrCl2F3N4O3S/c1-37(34,35)19-17(20-30-31-21(36-20)22(9-2-10-22)23(27,28)29)32-33(16-8-7-14(25)11-15(16)26)18(19)12-3-5-13(24)6-4-12/h3-8,11H,2,9-10H2,1H3. The zero-order valence-corrected chi connectivity index (χ0v) is 22.8. The van der Waals surface area contributed by atoms with Gasteiger partial charge in [0.25, 0.3) is 5.89 Å².